The molecule has 9 heavy (non-hydrogen) atoms. The first kappa shape index (κ1) is 8.72. The van der Waals surface area contributed by atoms with Crippen molar-refractivity contribution < 1.29 is 8.85 Å². The Morgan fingerprint density at radius 1 is 1.56 bits per heavy atom. The van der Waals surface area contributed by atoms with Gasteiger partial charge in [0.05, 0.1) is 6.26 Å². The molecule has 0 unspecified atom stereocenters. The van der Waals surface area contributed by atoms with E-state index in [1.54, 1.807) is 13.4 Å². The second-order valence-electron chi connectivity index (χ2n) is 1.59. The lowest BCUT2D eigenvalue weighted by atomic mass is 10.5. The van der Waals surface area contributed by atoms with E-state index in [4.69, 9.17) is 8.85 Å². The molecule has 0 spiro atoms. The van der Waals surface area contributed by atoms with E-state index in [2.05, 4.69) is 6.92 Å². The highest BCUT2D eigenvalue weighted by Crippen LogP contribution is 1.87. The first-order valence-electron chi connectivity index (χ1n) is 3.00. The predicted molar refractivity (Wildman–Crippen MR) is 39.1 cm³/mol. The van der Waals surface area contributed by atoms with Crippen LogP contribution in [0.1, 0.15) is 13.3 Å². The van der Waals surface area contributed by atoms with Crippen molar-refractivity contribution in [2.75, 3.05) is 7.11 Å². The van der Waals surface area contributed by atoms with E-state index in [-0.39, 0.29) is 0 Å². The molecule has 0 aromatic heterocycles. The van der Waals surface area contributed by atoms with Crippen LogP contribution in [0, 0.1) is 0 Å². The van der Waals surface area contributed by atoms with Crippen molar-refractivity contribution in [3.63, 3.8) is 0 Å². The van der Waals surface area contributed by atoms with Crippen molar-refractivity contribution in [1.82, 2.24) is 0 Å². The predicted octanol–water partition coefficient (Wildman–Crippen LogP) is 1.69. The molecule has 0 saturated heterocycles. The standard InChI is InChI=1S/C6H13O2Si/c1-4-5-6-8-9(3)7-2/h5-6H,4H2,1-3H3. The molecule has 0 aliphatic heterocycles. The van der Waals surface area contributed by atoms with Gasteiger partial charge in [0, 0.05) is 7.11 Å². The van der Waals surface area contributed by atoms with Gasteiger partial charge in [-0.25, -0.2) is 0 Å². The van der Waals surface area contributed by atoms with Gasteiger partial charge in [-0.2, -0.15) is 0 Å². The molecule has 0 fully saturated rings. The molecule has 0 atom stereocenters. The number of hydrogen-bond acceptors (Lipinski definition) is 2. The van der Waals surface area contributed by atoms with Gasteiger partial charge in [-0.05, 0) is 13.0 Å². The van der Waals surface area contributed by atoms with Gasteiger partial charge in [-0.1, -0.05) is 13.0 Å². The molecule has 0 bridgehead atoms. The van der Waals surface area contributed by atoms with Crippen LogP contribution in [0.15, 0.2) is 12.3 Å². The minimum absolute atomic E-state index is 0.988. The van der Waals surface area contributed by atoms with E-state index in [1.165, 1.54) is 0 Å². The summed E-state index contributed by atoms with van der Waals surface area (Å²) in [5, 5.41) is 0. The molecule has 3 heteroatoms. The fourth-order valence-electron chi connectivity index (χ4n) is 0.288. The molecule has 0 saturated carbocycles. The monoisotopic (exact) mass is 145 g/mol. The summed E-state index contributed by atoms with van der Waals surface area (Å²) in [7, 11) is 0.673. The minimum Gasteiger partial charge on any atom is -0.526 e. The van der Waals surface area contributed by atoms with Crippen molar-refractivity contribution >= 4 is 9.28 Å². The molecule has 0 aromatic carbocycles. The molecule has 0 amide bonds. The normalized spacial score (nSPS) is 11.1. The summed E-state index contributed by atoms with van der Waals surface area (Å²) in [6.45, 7) is 4.01. The third-order valence-corrected chi connectivity index (χ3v) is 1.90. The number of rotatable bonds is 4. The maximum atomic E-state index is 5.13. The van der Waals surface area contributed by atoms with Crippen molar-refractivity contribution in [2.45, 2.75) is 19.9 Å². The highest BCUT2D eigenvalue weighted by Gasteiger charge is 2.01. The molecule has 53 valence electrons. The van der Waals surface area contributed by atoms with Crippen LogP contribution in [-0.4, -0.2) is 16.4 Å². The van der Waals surface area contributed by atoms with Crippen LogP contribution in [0.25, 0.3) is 0 Å². The molecule has 0 N–H and O–H groups in total. The highest BCUT2D eigenvalue weighted by molar-refractivity contribution is 6.42. The van der Waals surface area contributed by atoms with E-state index in [1.807, 2.05) is 12.6 Å². The summed E-state index contributed by atoms with van der Waals surface area (Å²) < 4.78 is 10.1. The maximum Gasteiger partial charge on any atom is 0.453 e. The van der Waals surface area contributed by atoms with Crippen molar-refractivity contribution in [3.8, 4) is 0 Å². The van der Waals surface area contributed by atoms with E-state index in [9.17, 15) is 0 Å². The Balaban J connectivity index is 3.15. The average molecular weight is 145 g/mol. The summed E-state index contributed by atoms with van der Waals surface area (Å²) in [5.74, 6) is 0. The zero-order valence-electron chi connectivity index (χ0n) is 6.18. The quantitative estimate of drug-likeness (QED) is 0.443. The Morgan fingerprint density at radius 3 is 2.67 bits per heavy atom. The van der Waals surface area contributed by atoms with Gasteiger partial charge < -0.3 is 8.85 Å². The van der Waals surface area contributed by atoms with Gasteiger partial charge in [0.2, 0.25) is 0 Å². The van der Waals surface area contributed by atoms with Crippen LogP contribution >= 0.6 is 0 Å². The second-order valence-corrected chi connectivity index (χ2v) is 3.22. The number of hydrogen-bond donors (Lipinski definition) is 0. The van der Waals surface area contributed by atoms with Crippen LogP contribution < -0.4 is 0 Å². The van der Waals surface area contributed by atoms with Crippen molar-refractivity contribution in [3.05, 3.63) is 12.3 Å². The summed E-state index contributed by atoms with van der Waals surface area (Å²) >= 11 is 0. The van der Waals surface area contributed by atoms with Crippen LogP contribution in [0.5, 0.6) is 0 Å². The molecule has 0 rings (SSSR count). The van der Waals surface area contributed by atoms with E-state index in [0.717, 1.165) is 6.42 Å². The molecule has 0 aromatic rings. The van der Waals surface area contributed by atoms with Gasteiger partial charge in [0.25, 0.3) is 0 Å². The minimum atomic E-state index is -0.988. The summed E-state index contributed by atoms with van der Waals surface area (Å²) in [6, 6.07) is 0. The Kier molecular flexibility index (Phi) is 5.66. The summed E-state index contributed by atoms with van der Waals surface area (Å²) in [4.78, 5) is 0. The van der Waals surface area contributed by atoms with Crippen molar-refractivity contribution in [1.29, 1.82) is 0 Å². The lowest BCUT2D eigenvalue weighted by Crippen LogP contribution is -2.11. The molecule has 0 aliphatic rings. The largest absolute Gasteiger partial charge is 0.526 e. The van der Waals surface area contributed by atoms with Crippen molar-refractivity contribution in [2.24, 2.45) is 0 Å². The van der Waals surface area contributed by atoms with Gasteiger partial charge in [0.15, 0.2) is 0 Å². The van der Waals surface area contributed by atoms with Gasteiger partial charge in [-0.15, -0.1) is 0 Å². The summed E-state index contributed by atoms with van der Waals surface area (Å²) in [6.07, 6.45) is 4.68. The Hall–Kier alpha value is -0.283. The van der Waals surface area contributed by atoms with E-state index < -0.39 is 9.28 Å². The number of allylic oxidation sites excluding steroid dienone is 1. The zero-order chi connectivity index (χ0) is 7.11. The Labute approximate surface area is 58.3 Å². The molecular weight excluding hydrogens is 132 g/mol. The summed E-state index contributed by atoms with van der Waals surface area (Å²) in [5.41, 5.74) is 0. The third kappa shape index (κ3) is 5.59. The smallest absolute Gasteiger partial charge is 0.453 e. The average Bonchev–Trinajstić information content (AvgIpc) is 1.89. The molecule has 0 aliphatic carbocycles. The SMILES string of the molecule is CCC=CO[Si](C)OC. The fraction of sp³-hybridized carbons (Fsp3) is 0.667. The van der Waals surface area contributed by atoms with Crippen LogP contribution in [0.4, 0.5) is 0 Å². The lowest BCUT2D eigenvalue weighted by molar-refractivity contribution is 0.313. The lowest BCUT2D eigenvalue weighted by Gasteiger charge is -2.02. The van der Waals surface area contributed by atoms with Gasteiger partial charge >= 0.3 is 9.28 Å². The van der Waals surface area contributed by atoms with Crippen LogP contribution in [0.3, 0.4) is 0 Å². The molecule has 2 nitrogen and oxygen atoms in total. The fourth-order valence-corrected chi connectivity index (χ4v) is 0.672. The first-order chi connectivity index (χ1) is 4.31. The van der Waals surface area contributed by atoms with Crippen LogP contribution in [0.2, 0.25) is 6.55 Å². The van der Waals surface area contributed by atoms with E-state index in [0.29, 0.717) is 0 Å². The highest BCUT2D eigenvalue weighted by atomic mass is 28.3. The van der Waals surface area contributed by atoms with Gasteiger partial charge in [-0.3, -0.25) is 0 Å². The Morgan fingerprint density at radius 2 is 2.22 bits per heavy atom. The zero-order valence-corrected chi connectivity index (χ0v) is 7.18. The first-order valence-corrected chi connectivity index (χ1v) is 4.82. The molecular formula is C6H13O2Si. The molecule has 1 radical (unpaired) electrons. The topological polar surface area (TPSA) is 18.5 Å². The molecule has 0 heterocycles. The van der Waals surface area contributed by atoms with E-state index >= 15 is 0 Å². The van der Waals surface area contributed by atoms with Crippen LogP contribution in [-0.2, 0) is 8.85 Å². The second kappa shape index (κ2) is 5.85. The van der Waals surface area contributed by atoms with Gasteiger partial charge in [0.1, 0.15) is 0 Å². The Bertz CT molecular complexity index is 83.1. The maximum absolute atomic E-state index is 5.13. The third-order valence-electron chi connectivity index (χ3n) is 0.853.